The quantitative estimate of drug-likeness (QED) is 0.917. The van der Waals surface area contributed by atoms with E-state index in [2.05, 4.69) is 26.2 Å². The van der Waals surface area contributed by atoms with Crippen molar-refractivity contribution in [2.75, 3.05) is 0 Å². The van der Waals surface area contributed by atoms with E-state index in [0.717, 1.165) is 10.0 Å². The molecule has 2 aromatic rings. The monoisotopic (exact) mass is 349 g/mol. The van der Waals surface area contributed by atoms with Crippen LogP contribution < -0.4 is 11.0 Å². The molecular formula is C15H16BrN3O2. The molecule has 6 heteroatoms. The van der Waals surface area contributed by atoms with Crippen LogP contribution in [-0.4, -0.2) is 15.5 Å². The minimum atomic E-state index is -0.414. The Labute approximate surface area is 131 Å². The minimum Gasteiger partial charge on any atom is -0.350 e. The molecule has 0 unspecified atom stereocenters. The van der Waals surface area contributed by atoms with Gasteiger partial charge in [0, 0.05) is 12.2 Å². The number of hydrogen-bond acceptors (Lipinski definition) is 3. The van der Waals surface area contributed by atoms with Crippen LogP contribution in [0.3, 0.4) is 0 Å². The fraction of sp³-hybridized carbons (Fsp3) is 0.267. The van der Waals surface area contributed by atoms with Gasteiger partial charge in [-0.1, -0.05) is 30.3 Å². The zero-order valence-electron chi connectivity index (χ0n) is 11.9. The highest BCUT2D eigenvalue weighted by atomic mass is 79.9. The van der Waals surface area contributed by atoms with E-state index in [-0.39, 0.29) is 12.5 Å². The second-order valence-corrected chi connectivity index (χ2v) is 5.52. The number of aryl methyl sites for hydroxylation is 1. The molecule has 1 N–H and O–H groups in total. The van der Waals surface area contributed by atoms with Crippen LogP contribution >= 0.6 is 15.9 Å². The Morgan fingerprint density at radius 3 is 2.62 bits per heavy atom. The summed E-state index contributed by atoms with van der Waals surface area (Å²) in [7, 11) is 0. The number of carbonyl (C=O) groups excluding carboxylic acids is 1. The van der Waals surface area contributed by atoms with Gasteiger partial charge < -0.3 is 5.32 Å². The summed E-state index contributed by atoms with van der Waals surface area (Å²) in [6.45, 7) is 3.93. The van der Waals surface area contributed by atoms with Gasteiger partial charge >= 0.3 is 5.69 Å². The first kappa shape index (κ1) is 15.4. The first-order valence-electron chi connectivity index (χ1n) is 6.53. The van der Waals surface area contributed by atoms with E-state index in [4.69, 9.17) is 0 Å². The number of nitrogens with one attached hydrogen (secondary N) is 1. The van der Waals surface area contributed by atoms with Gasteiger partial charge in [0.15, 0.2) is 0 Å². The Morgan fingerprint density at radius 1 is 1.29 bits per heavy atom. The first-order chi connectivity index (χ1) is 9.99. The fourth-order valence-electron chi connectivity index (χ4n) is 1.96. The van der Waals surface area contributed by atoms with E-state index < -0.39 is 5.69 Å². The summed E-state index contributed by atoms with van der Waals surface area (Å²) in [6, 6.07) is 9.61. The summed E-state index contributed by atoms with van der Waals surface area (Å²) in [5, 5.41) is 2.79. The van der Waals surface area contributed by atoms with Gasteiger partial charge in [0.2, 0.25) is 5.91 Å². The van der Waals surface area contributed by atoms with E-state index in [1.807, 2.05) is 30.3 Å². The van der Waals surface area contributed by atoms with Crippen LogP contribution in [0.25, 0.3) is 0 Å². The van der Waals surface area contributed by atoms with E-state index in [9.17, 15) is 9.59 Å². The summed E-state index contributed by atoms with van der Waals surface area (Å²) in [4.78, 5) is 27.7. The molecule has 0 aliphatic heterocycles. The largest absolute Gasteiger partial charge is 0.350 e. The predicted molar refractivity (Wildman–Crippen MR) is 84.0 cm³/mol. The third-order valence-corrected chi connectivity index (χ3v) is 4.32. The molecule has 1 aromatic carbocycles. The van der Waals surface area contributed by atoms with Crippen LogP contribution in [0.5, 0.6) is 0 Å². The maximum absolute atomic E-state index is 12.0. The molecule has 0 bridgehead atoms. The van der Waals surface area contributed by atoms with Crippen molar-refractivity contribution in [2.45, 2.75) is 26.9 Å². The van der Waals surface area contributed by atoms with Crippen LogP contribution in [-0.2, 0) is 17.9 Å². The Hall–Kier alpha value is -1.95. The van der Waals surface area contributed by atoms with Crippen LogP contribution in [0, 0.1) is 13.8 Å². The molecular weight excluding hydrogens is 334 g/mol. The van der Waals surface area contributed by atoms with Crippen molar-refractivity contribution in [3.63, 3.8) is 0 Å². The number of carbonyl (C=O) groups is 1. The van der Waals surface area contributed by atoms with Crippen molar-refractivity contribution in [1.29, 1.82) is 0 Å². The standard InChI is InChI=1S/C15H16BrN3O2/c1-10-14(16)11(2)19(15(21)18-10)9-13(20)17-8-12-6-4-3-5-7-12/h3-7H,8-9H2,1-2H3,(H,17,20). The summed E-state index contributed by atoms with van der Waals surface area (Å²) in [6.07, 6.45) is 0. The molecule has 5 nitrogen and oxygen atoms in total. The van der Waals surface area contributed by atoms with E-state index in [1.54, 1.807) is 13.8 Å². The minimum absolute atomic E-state index is 0.0383. The van der Waals surface area contributed by atoms with Gasteiger partial charge in [-0.2, -0.15) is 4.98 Å². The van der Waals surface area contributed by atoms with Crippen LogP contribution in [0.1, 0.15) is 17.0 Å². The highest BCUT2D eigenvalue weighted by Gasteiger charge is 2.12. The van der Waals surface area contributed by atoms with Crippen LogP contribution in [0.2, 0.25) is 0 Å². The highest BCUT2D eigenvalue weighted by Crippen LogP contribution is 2.16. The predicted octanol–water partition coefficient (Wildman–Crippen LogP) is 1.94. The summed E-state index contributed by atoms with van der Waals surface area (Å²) >= 11 is 3.38. The fourth-order valence-corrected chi connectivity index (χ4v) is 2.26. The van der Waals surface area contributed by atoms with Gasteiger partial charge in [0.25, 0.3) is 0 Å². The maximum Gasteiger partial charge on any atom is 0.348 e. The van der Waals surface area contributed by atoms with Gasteiger partial charge in [0.05, 0.1) is 10.2 Å². The van der Waals surface area contributed by atoms with E-state index in [0.29, 0.717) is 17.9 Å². The Morgan fingerprint density at radius 2 is 1.95 bits per heavy atom. The lowest BCUT2D eigenvalue weighted by atomic mass is 10.2. The lowest BCUT2D eigenvalue weighted by molar-refractivity contribution is -0.121. The van der Waals surface area contributed by atoms with Crippen LogP contribution in [0.15, 0.2) is 39.6 Å². The van der Waals surface area contributed by atoms with Gasteiger partial charge in [-0.25, -0.2) is 4.79 Å². The molecule has 21 heavy (non-hydrogen) atoms. The van der Waals surface area contributed by atoms with Crippen molar-refractivity contribution >= 4 is 21.8 Å². The molecule has 0 atom stereocenters. The van der Waals surface area contributed by atoms with E-state index in [1.165, 1.54) is 4.57 Å². The van der Waals surface area contributed by atoms with Crippen LogP contribution in [0.4, 0.5) is 0 Å². The number of amides is 1. The molecule has 0 saturated heterocycles. The average molecular weight is 350 g/mol. The molecule has 0 fully saturated rings. The van der Waals surface area contributed by atoms with Gasteiger partial charge in [0.1, 0.15) is 6.54 Å². The Bertz CT molecular complexity index is 711. The average Bonchev–Trinajstić information content (AvgIpc) is 2.48. The number of aromatic nitrogens is 2. The molecule has 0 spiro atoms. The topological polar surface area (TPSA) is 64.0 Å². The number of benzene rings is 1. The highest BCUT2D eigenvalue weighted by molar-refractivity contribution is 9.10. The van der Waals surface area contributed by atoms with E-state index >= 15 is 0 Å². The van der Waals surface area contributed by atoms with Crippen molar-refractivity contribution < 1.29 is 4.79 Å². The van der Waals surface area contributed by atoms with Crippen molar-refractivity contribution in [3.8, 4) is 0 Å². The SMILES string of the molecule is Cc1nc(=O)n(CC(=O)NCc2ccccc2)c(C)c1Br. The number of halogens is 1. The third kappa shape index (κ3) is 3.78. The van der Waals surface area contributed by atoms with Gasteiger partial charge in [-0.3, -0.25) is 9.36 Å². The molecule has 0 aliphatic rings. The summed E-state index contributed by atoms with van der Waals surface area (Å²) in [5.41, 5.74) is 1.92. The summed E-state index contributed by atoms with van der Waals surface area (Å²) < 4.78 is 2.11. The molecule has 0 aliphatic carbocycles. The Balaban J connectivity index is 2.07. The smallest absolute Gasteiger partial charge is 0.348 e. The molecule has 1 amide bonds. The van der Waals surface area contributed by atoms with Gasteiger partial charge in [-0.05, 0) is 35.3 Å². The lowest BCUT2D eigenvalue weighted by Crippen LogP contribution is -2.34. The number of rotatable bonds is 4. The molecule has 0 saturated carbocycles. The van der Waals surface area contributed by atoms with Crippen molar-refractivity contribution in [2.24, 2.45) is 0 Å². The zero-order chi connectivity index (χ0) is 15.4. The van der Waals surface area contributed by atoms with Crippen molar-refractivity contribution in [1.82, 2.24) is 14.9 Å². The summed E-state index contributed by atoms with van der Waals surface area (Å²) in [5.74, 6) is -0.221. The Kier molecular flexibility index (Phi) is 4.90. The maximum atomic E-state index is 12.0. The number of nitrogens with zero attached hydrogens (tertiary/aromatic N) is 2. The molecule has 110 valence electrons. The third-order valence-electron chi connectivity index (χ3n) is 3.17. The first-order valence-corrected chi connectivity index (χ1v) is 7.32. The van der Waals surface area contributed by atoms with Gasteiger partial charge in [-0.15, -0.1) is 0 Å². The normalized spacial score (nSPS) is 10.4. The second kappa shape index (κ2) is 6.67. The number of hydrogen-bond donors (Lipinski definition) is 1. The molecule has 1 heterocycles. The molecule has 1 aromatic heterocycles. The molecule has 2 rings (SSSR count). The second-order valence-electron chi connectivity index (χ2n) is 4.73. The lowest BCUT2D eigenvalue weighted by Gasteiger charge is -2.12. The zero-order valence-corrected chi connectivity index (χ0v) is 13.5. The molecule has 0 radical (unpaired) electrons. The van der Waals surface area contributed by atoms with Crippen molar-refractivity contribution in [3.05, 3.63) is 62.2 Å².